The Kier molecular flexibility index (Phi) is 2.15. The average molecular weight is 201 g/mol. The van der Waals surface area contributed by atoms with Crippen molar-refractivity contribution in [3.63, 3.8) is 0 Å². The molecule has 0 bridgehead atoms. The molecule has 0 atom stereocenters. The normalized spacial score (nSPS) is 15.2. The van der Waals surface area contributed by atoms with Gasteiger partial charge < -0.3 is 4.74 Å². The van der Waals surface area contributed by atoms with Crippen molar-refractivity contribution in [3.05, 3.63) is 35.1 Å². The SMILES string of the molecule is Fc1ccc(C2=NCCO2)c(F)c1F. The Morgan fingerprint density at radius 1 is 1.14 bits per heavy atom. The molecule has 0 aliphatic carbocycles. The minimum Gasteiger partial charge on any atom is -0.475 e. The first-order chi connectivity index (χ1) is 6.70. The minimum atomic E-state index is -1.50. The maximum Gasteiger partial charge on any atom is 0.219 e. The number of ether oxygens (including phenoxy) is 1. The Labute approximate surface area is 78.0 Å². The van der Waals surface area contributed by atoms with E-state index in [0.717, 1.165) is 12.1 Å². The van der Waals surface area contributed by atoms with Crippen molar-refractivity contribution < 1.29 is 17.9 Å². The zero-order valence-corrected chi connectivity index (χ0v) is 7.06. The number of halogens is 3. The first-order valence-corrected chi connectivity index (χ1v) is 4.01. The highest BCUT2D eigenvalue weighted by Gasteiger charge is 2.20. The second-order valence-electron chi connectivity index (χ2n) is 2.76. The molecule has 1 aliphatic heterocycles. The predicted molar refractivity (Wildman–Crippen MR) is 43.7 cm³/mol. The monoisotopic (exact) mass is 201 g/mol. The van der Waals surface area contributed by atoms with E-state index >= 15 is 0 Å². The average Bonchev–Trinajstić information content (AvgIpc) is 2.67. The van der Waals surface area contributed by atoms with Gasteiger partial charge in [0, 0.05) is 0 Å². The molecule has 74 valence electrons. The highest BCUT2D eigenvalue weighted by Crippen LogP contribution is 2.17. The molecule has 5 heteroatoms. The molecule has 14 heavy (non-hydrogen) atoms. The van der Waals surface area contributed by atoms with Crippen LogP contribution in [0.3, 0.4) is 0 Å². The summed E-state index contributed by atoms with van der Waals surface area (Å²) in [5.41, 5.74) is -0.138. The van der Waals surface area contributed by atoms with Crippen LogP contribution in [0.1, 0.15) is 5.56 Å². The number of nitrogens with zero attached hydrogens (tertiary/aromatic N) is 1. The van der Waals surface area contributed by atoms with Crippen LogP contribution < -0.4 is 0 Å². The molecular weight excluding hydrogens is 195 g/mol. The van der Waals surface area contributed by atoms with E-state index < -0.39 is 17.5 Å². The Morgan fingerprint density at radius 3 is 2.57 bits per heavy atom. The lowest BCUT2D eigenvalue weighted by molar-refractivity contribution is 0.345. The molecule has 0 radical (unpaired) electrons. The number of aliphatic imine (C=N–C) groups is 1. The third-order valence-corrected chi connectivity index (χ3v) is 1.85. The van der Waals surface area contributed by atoms with Crippen molar-refractivity contribution in [3.8, 4) is 0 Å². The van der Waals surface area contributed by atoms with Crippen LogP contribution in [0, 0.1) is 17.5 Å². The van der Waals surface area contributed by atoms with E-state index in [0.29, 0.717) is 13.2 Å². The fourth-order valence-electron chi connectivity index (χ4n) is 1.19. The Balaban J connectivity index is 2.49. The summed E-state index contributed by atoms with van der Waals surface area (Å²) < 4.78 is 43.4. The van der Waals surface area contributed by atoms with Crippen LogP contribution in [-0.4, -0.2) is 19.0 Å². The van der Waals surface area contributed by atoms with Crippen LogP contribution in [0.15, 0.2) is 17.1 Å². The van der Waals surface area contributed by atoms with Gasteiger partial charge in [-0.15, -0.1) is 0 Å². The van der Waals surface area contributed by atoms with Crippen LogP contribution in [0.5, 0.6) is 0 Å². The van der Waals surface area contributed by atoms with E-state index in [4.69, 9.17) is 4.74 Å². The molecule has 0 N–H and O–H groups in total. The fraction of sp³-hybridized carbons (Fsp3) is 0.222. The molecule has 2 nitrogen and oxygen atoms in total. The van der Waals surface area contributed by atoms with E-state index in [1.54, 1.807) is 0 Å². The fourth-order valence-corrected chi connectivity index (χ4v) is 1.19. The van der Waals surface area contributed by atoms with Gasteiger partial charge >= 0.3 is 0 Å². The predicted octanol–water partition coefficient (Wildman–Crippen LogP) is 1.88. The van der Waals surface area contributed by atoms with Crippen molar-refractivity contribution >= 4 is 5.90 Å². The molecule has 1 heterocycles. The molecule has 1 aliphatic rings. The summed E-state index contributed by atoms with van der Waals surface area (Å²) in [6.45, 7) is 0.752. The van der Waals surface area contributed by atoms with Gasteiger partial charge in [0.25, 0.3) is 0 Å². The Bertz CT molecular complexity index is 403. The van der Waals surface area contributed by atoms with E-state index in [1.807, 2.05) is 0 Å². The maximum absolute atomic E-state index is 13.1. The molecular formula is C9H6F3NO. The smallest absolute Gasteiger partial charge is 0.219 e. The highest BCUT2D eigenvalue weighted by atomic mass is 19.2. The van der Waals surface area contributed by atoms with Crippen molar-refractivity contribution in [1.29, 1.82) is 0 Å². The van der Waals surface area contributed by atoms with Crippen LogP contribution in [0.4, 0.5) is 13.2 Å². The largest absolute Gasteiger partial charge is 0.475 e. The lowest BCUT2D eigenvalue weighted by Crippen LogP contribution is -2.07. The molecule has 0 amide bonds. The van der Waals surface area contributed by atoms with E-state index in [9.17, 15) is 13.2 Å². The van der Waals surface area contributed by atoms with Gasteiger partial charge in [0.2, 0.25) is 5.90 Å². The summed E-state index contributed by atoms with van der Waals surface area (Å²) in [4.78, 5) is 3.80. The van der Waals surface area contributed by atoms with Crippen molar-refractivity contribution in [1.82, 2.24) is 0 Å². The molecule has 0 saturated heterocycles. The maximum atomic E-state index is 13.1. The summed E-state index contributed by atoms with van der Waals surface area (Å²) in [6, 6.07) is 1.95. The quantitative estimate of drug-likeness (QED) is 0.635. The molecule has 1 aromatic carbocycles. The third-order valence-electron chi connectivity index (χ3n) is 1.85. The van der Waals surface area contributed by atoms with Crippen LogP contribution in [0.25, 0.3) is 0 Å². The first kappa shape index (κ1) is 9.05. The second kappa shape index (κ2) is 3.32. The van der Waals surface area contributed by atoms with Crippen molar-refractivity contribution in [2.45, 2.75) is 0 Å². The zero-order chi connectivity index (χ0) is 10.1. The lowest BCUT2D eigenvalue weighted by atomic mass is 10.2. The van der Waals surface area contributed by atoms with Gasteiger partial charge in [0.05, 0.1) is 12.1 Å². The van der Waals surface area contributed by atoms with Gasteiger partial charge in [-0.3, -0.25) is 0 Å². The Morgan fingerprint density at radius 2 is 1.93 bits per heavy atom. The zero-order valence-electron chi connectivity index (χ0n) is 7.06. The Hall–Kier alpha value is -1.52. The van der Waals surface area contributed by atoms with Crippen molar-refractivity contribution in [2.75, 3.05) is 13.2 Å². The summed E-state index contributed by atoms with van der Waals surface area (Å²) in [5.74, 6) is -3.95. The number of rotatable bonds is 1. The third kappa shape index (κ3) is 1.34. The van der Waals surface area contributed by atoms with Gasteiger partial charge in [-0.25, -0.2) is 18.2 Å². The van der Waals surface area contributed by atoms with E-state index in [-0.39, 0.29) is 11.5 Å². The first-order valence-electron chi connectivity index (χ1n) is 4.01. The topological polar surface area (TPSA) is 21.6 Å². The number of hydrogen-bond acceptors (Lipinski definition) is 2. The molecule has 0 unspecified atom stereocenters. The number of hydrogen-bond donors (Lipinski definition) is 0. The molecule has 1 aromatic rings. The lowest BCUT2D eigenvalue weighted by Gasteiger charge is -2.03. The highest BCUT2D eigenvalue weighted by molar-refractivity contribution is 5.95. The summed E-state index contributed by atoms with van der Waals surface area (Å²) >= 11 is 0. The standard InChI is InChI=1S/C9H6F3NO/c10-6-2-1-5(7(11)8(6)12)9-13-3-4-14-9/h1-2H,3-4H2. The molecule has 0 spiro atoms. The van der Waals surface area contributed by atoms with Crippen molar-refractivity contribution in [2.24, 2.45) is 4.99 Å². The summed E-state index contributed by atoms with van der Waals surface area (Å²) in [5, 5.41) is 0. The number of benzene rings is 1. The van der Waals surface area contributed by atoms with Gasteiger partial charge in [-0.2, -0.15) is 0 Å². The molecule has 0 aromatic heterocycles. The van der Waals surface area contributed by atoms with E-state index in [2.05, 4.69) is 4.99 Å². The van der Waals surface area contributed by atoms with Crippen LogP contribution >= 0.6 is 0 Å². The molecule has 0 fully saturated rings. The van der Waals surface area contributed by atoms with E-state index in [1.165, 1.54) is 0 Å². The van der Waals surface area contributed by atoms with Crippen LogP contribution in [0.2, 0.25) is 0 Å². The van der Waals surface area contributed by atoms with Gasteiger partial charge in [0.1, 0.15) is 6.61 Å². The van der Waals surface area contributed by atoms with Gasteiger partial charge in [-0.1, -0.05) is 0 Å². The minimum absolute atomic E-state index is 0.0291. The van der Waals surface area contributed by atoms with Gasteiger partial charge in [0.15, 0.2) is 17.5 Å². The van der Waals surface area contributed by atoms with Crippen LogP contribution in [-0.2, 0) is 4.74 Å². The molecule has 2 rings (SSSR count). The second-order valence-corrected chi connectivity index (χ2v) is 2.76. The van der Waals surface area contributed by atoms with Gasteiger partial charge in [-0.05, 0) is 12.1 Å². The molecule has 0 saturated carbocycles. The summed E-state index contributed by atoms with van der Waals surface area (Å²) in [6.07, 6.45) is 0. The summed E-state index contributed by atoms with van der Waals surface area (Å²) in [7, 11) is 0.